The van der Waals surface area contributed by atoms with Crippen LogP contribution in [0, 0.1) is 11.6 Å². The second-order valence-corrected chi connectivity index (χ2v) is 6.33. The van der Waals surface area contributed by atoms with Crippen LogP contribution in [0.5, 0.6) is 0 Å². The van der Waals surface area contributed by atoms with Gasteiger partial charge in [-0.25, -0.2) is 23.5 Å². The Bertz CT molecular complexity index is 1220. The quantitative estimate of drug-likeness (QED) is 0.487. The lowest BCUT2D eigenvalue weighted by Gasteiger charge is -2.11. The number of carbonyl (C=O) groups is 1. The number of carbonyl (C=O) groups excluding carboxylic acids is 1. The molecule has 4 aromatic rings. The molecule has 9 heteroatoms. The number of amides is 2. The number of benzene rings is 2. The van der Waals surface area contributed by atoms with Gasteiger partial charge in [0.1, 0.15) is 0 Å². The Kier molecular flexibility index (Phi) is 4.71. The van der Waals surface area contributed by atoms with E-state index in [0.717, 1.165) is 17.7 Å². The number of hydrogen-bond acceptors (Lipinski definition) is 4. The van der Waals surface area contributed by atoms with E-state index < -0.39 is 11.6 Å². The monoisotopic (exact) mass is 396 g/mol. The maximum Gasteiger partial charge on any atom is 0.318 e. The highest BCUT2D eigenvalue weighted by atomic mass is 19.2. The van der Waals surface area contributed by atoms with E-state index in [2.05, 4.69) is 25.9 Å². The molecule has 3 N–H and O–H groups in total. The van der Waals surface area contributed by atoms with Gasteiger partial charge >= 0.3 is 6.03 Å². The summed E-state index contributed by atoms with van der Waals surface area (Å²) in [5.74, 6) is -1.44. The summed E-state index contributed by atoms with van der Waals surface area (Å²) < 4.78 is 29.5. The molecule has 148 valence electrons. The Balaban J connectivity index is 1.91. The van der Waals surface area contributed by atoms with E-state index in [1.165, 1.54) is 7.05 Å². The van der Waals surface area contributed by atoms with Crippen LogP contribution in [0.4, 0.5) is 25.1 Å². The molecular formula is C20H18F2N6O. The van der Waals surface area contributed by atoms with Crippen molar-refractivity contribution in [3.05, 3.63) is 54.2 Å². The van der Waals surface area contributed by atoms with Crippen LogP contribution in [0.1, 0.15) is 6.92 Å². The fourth-order valence-corrected chi connectivity index (χ4v) is 3.14. The molecule has 2 amide bonds. The fraction of sp³-hybridized carbons (Fsp3) is 0.150. The Morgan fingerprint density at radius 2 is 1.86 bits per heavy atom. The standard InChI is InChI=1S/C20H18F2N6O/c1-3-24-18-19-25-10-17(11-4-6-12(7-5-11)26-20(29)23-2)28(19)16-9-14(22)13(21)8-15(16)27-18/h4-10H,3H2,1-2H3,(H,24,27)(H2,23,26,29). The molecule has 0 fully saturated rings. The highest BCUT2D eigenvalue weighted by molar-refractivity contribution is 5.90. The van der Waals surface area contributed by atoms with E-state index in [0.29, 0.717) is 40.4 Å². The summed E-state index contributed by atoms with van der Waals surface area (Å²) in [6, 6.07) is 8.99. The number of nitrogens with one attached hydrogen (secondary N) is 3. The molecule has 0 radical (unpaired) electrons. The van der Waals surface area contributed by atoms with E-state index in [-0.39, 0.29) is 6.03 Å². The molecule has 0 aliphatic carbocycles. The average molecular weight is 396 g/mol. The van der Waals surface area contributed by atoms with Gasteiger partial charge in [-0.15, -0.1) is 0 Å². The number of fused-ring (bicyclic) bond motifs is 3. The lowest BCUT2D eigenvalue weighted by atomic mass is 10.1. The van der Waals surface area contributed by atoms with Gasteiger partial charge in [0.15, 0.2) is 23.1 Å². The maximum atomic E-state index is 14.0. The lowest BCUT2D eigenvalue weighted by molar-refractivity contribution is 0.254. The van der Waals surface area contributed by atoms with Crippen LogP contribution in [-0.4, -0.2) is 34.0 Å². The van der Waals surface area contributed by atoms with Crippen molar-refractivity contribution in [2.24, 2.45) is 0 Å². The molecule has 2 aromatic carbocycles. The summed E-state index contributed by atoms with van der Waals surface area (Å²) in [6.07, 6.45) is 1.65. The first-order chi connectivity index (χ1) is 14.0. The number of nitrogens with zero attached hydrogens (tertiary/aromatic N) is 3. The van der Waals surface area contributed by atoms with Gasteiger partial charge in [0.2, 0.25) is 0 Å². The molecule has 29 heavy (non-hydrogen) atoms. The normalized spacial score (nSPS) is 11.0. The van der Waals surface area contributed by atoms with Crippen LogP contribution >= 0.6 is 0 Å². The minimum atomic E-state index is -0.960. The molecule has 0 saturated heterocycles. The average Bonchev–Trinajstić information content (AvgIpc) is 3.16. The number of hydrogen-bond donors (Lipinski definition) is 3. The van der Waals surface area contributed by atoms with Crippen LogP contribution in [-0.2, 0) is 0 Å². The molecule has 2 aromatic heterocycles. The van der Waals surface area contributed by atoms with Crippen molar-refractivity contribution in [3.8, 4) is 11.3 Å². The number of halogens is 2. The topological polar surface area (TPSA) is 83.3 Å². The van der Waals surface area contributed by atoms with Crippen molar-refractivity contribution < 1.29 is 13.6 Å². The first-order valence-corrected chi connectivity index (χ1v) is 9.01. The van der Waals surface area contributed by atoms with Crippen molar-refractivity contribution >= 4 is 34.2 Å². The van der Waals surface area contributed by atoms with E-state index >= 15 is 0 Å². The smallest absolute Gasteiger partial charge is 0.318 e. The zero-order chi connectivity index (χ0) is 20.5. The third kappa shape index (κ3) is 3.31. The number of anilines is 2. The van der Waals surface area contributed by atoms with Gasteiger partial charge in [0, 0.05) is 37.0 Å². The van der Waals surface area contributed by atoms with Gasteiger partial charge in [0.05, 0.1) is 22.9 Å². The van der Waals surface area contributed by atoms with Gasteiger partial charge in [0.25, 0.3) is 0 Å². The molecule has 0 saturated carbocycles. The van der Waals surface area contributed by atoms with Crippen molar-refractivity contribution in [2.45, 2.75) is 6.92 Å². The Morgan fingerprint density at radius 3 is 2.55 bits per heavy atom. The van der Waals surface area contributed by atoms with Crippen LogP contribution in [0.2, 0.25) is 0 Å². The van der Waals surface area contributed by atoms with Crippen molar-refractivity contribution in [1.82, 2.24) is 19.7 Å². The molecule has 0 spiro atoms. The minimum absolute atomic E-state index is 0.310. The predicted octanol–water partition coefficient (Wildman–Crippen LogP) is 4.01. The molecule has 2 heterocycles. The Hall–Kier alpha value is -3.75. The van der Waals surface area contributed by atoms with Crippen molar-refractivity contribution in [3.63, 3.8) is 0 Å². The molecule has 7 nitrogen and oxygen atoms in total. The fourth-order valence-electron chi connectivity index (χ4n) is 3.14. The summed E-state index contributed by atoms with van der Waals surface area (Å²) in [7, 11) is 1.53. The Labute approximate surface area is 164 Å². The van der Waals surface area contributed by atoms with Gasteiger partial charge in [-0.3, -0.25) is 4.40 Å². The van der Waals surface area contributed by atoms with Gasteiger partial charge in [-0.05, 0) is 19.1 Å². The zero-order valence-electron chi connectivity index (χ0n) is 15.8. The predicted molar refractivity (Wildman–Crippen MR) is 108 cm³/mol. The number of aromatic nitrogens is 3. The van der Waals surface area contributed by atoms with E-state index in [9.17, 15) is 13.6 Å². The largest absolute Gasteiger partial charge is 0.367 e. The summed E-state index contributed by atoms with van der Waals surface area (Å²) in [6.45, 7) is 2.51. The lowest BCUT2D eigenvalue weighted by Crippen LogP contribution is -2.24. The molecule has 0 bridgehead atoms. The maximum absolute atomic E-state index is 14.0. The second kappa shape index (κ2) is 7.34. The van der Waals surface area contributed by atoms with Crippen LogP contribution in [0.3, 0.4) is 0 Å². The van der Waals surface area contributed by atoms with Gasteiger partial charge < -0.3 is 16.0 Å². The minimum Gasteiger partial charge on any atom is -0.367 e. The SMILES string of the molecule is CCNc1nc2cc(F)c(F)cc2n2c(-c3ccc(NC(=O)NC)cc3)cnc12. The summed E-state index contributed by atoms with van der Waals surface area (Å²) in [5, 5.41) is 8.28. The van der Waals surface area contributed by atoms with Crippen molar-refractivity contribution in [1.29, 1.82) is 0 Å². The summed E-state index contributed by atoms with van der Waals surface area (Å²) >= 11 is 0. The first-order valence-electron chi connectivity index (χ1n) is 9.01. The molecule has 0 unspecified atom stereocenters. The van der Waals surface area contributed by atoms with E-state index in [4.69, 9.17) is 0 Å². The highest BCUT2D eigenvalue weighted by Gasteiger charge is 2.17. The van der Waals surface area contributed by atoms with Gasteiger partial charge in [-0.2, -0.15) is 0 Å². The second-order valence-electron chi connectivity index (χ2n) is 6.33. The molecule has 0 atom stereocenters. The van der Waals surface area contributed by atoms with E-state index in [1.54, 1.807) is 22.7 Å². The summed E-state index contributed by atoms with van der Waals surface area (Å²) in [5.41, 5.74) is 3.32. The highest BCUT2D eigenvalue weighted by Crippen LogP contribution is 2.30. The summed E-state index contributed by atoms with van der Waals surface area (Å²) in [4.78, 5) is 20.3. The van der Waals surface area contributed by atoms with Crippen LogP contribution < -0.4 is 16.0 Å². The molecule has 4 rings (SSSR count). The molecule has 0 aliphatic rings. The number of urea groups is 1. The third-order valence-electron chi connectivity index (χ3n) is 4.47. The van der Waals surface area contributed by atoms with Crippen LogP contribution in [0.25, 0.3) is 27.9 Å². The first kappa shape index (κ1) is 18.6. The zero-order valence-corrected chi connectivity index (χ0v) is 15.8. The van der Waals surface area contributed by atoms with Gasteiger partial charge in [-0.1, -0.05) is 12.1 Å². The number of imidazole rings is 1. The molecular weight excluding hydrogens is 378 g/mol. The Morgan fingerprint density at radius 1 is 1.14 bits per heavy atom. The third-order valence-corrected chi connectivity index (χ3v) is 4.47. The van der Waals surface area contributed by atoms with Crippen molar-refractivity contribution in [2.75, 3.05) is 24.2 Å². The molecule has 0 aliphatic heterocycles. The van der Waals surface area contributed by atoms with Crippen LogP contribution in [0.15, 0.2) is 42.6 Å². The van der Waals surface area contributed by atoms with E-state index in [1.807, 2.05) is 19.1 Å². The number of rotatable bonds is 4.